The van der Waals surface area contributed by atoms with Crippen LogP contribution in [0.15, 0.2) is 62.8 Å². The van der Waals surface area contributed by atoms with E-state index in [-0.39, 0.29) is 11.4 Å². The fraction of sp³-hybridized carbons (Fsp3) is 0.133. The number of hydrogen-bond acceptors (Lipinski definition) is 4. The predicted octanol–water partition coefficient (Wildman–Crippen LogP) is 4.18. The second-order valence-corrected chi connectivity index (χ2v) is 8.33. The van der Waals surface area contributed by atoms with Gasteiger partial charge >= 0.3 is 5.76 Å². The normalized spacial score (nSPS) is 11.5. The largest absolute Gasteiger partial charge is 0.341 e. The van der Waals surface area contributed by atoms with Crippen LogP contribution < -0.4 is 5.32 Å². The number of carbonyl (C=O) groups excluding carboxylic acids is 1. The molecular formula is C15H12BrF2NO3S2. The molecule has 1 N–H and O–H groups in total. The third-order valence-electron chi connectivity index (χ3n) is 2.90. The van der Waals surface area contributed by atoms with Crippen molar-refractivity contribution in [3.8, 4) is 0 Å². The van der Waals surface area contributed by atoms with Gasteiger partial charge in [-0.1, -0.05) is 24.3 Å². The lowest BCUT2D eigenvalue weighted by molar-refractivity contribution is -0.113. The summed E-state index contributed by atoms with van der Waals surface area (Å²) in [6, 6.07) is 12.4. The van der Waals surface area contributed by atoms with E-state index < -0.39 is 26.4 Å². The summed E-state index contributed by atoms with van der Waals surface area (Å²) >= 11 is 4.59. The summed E-state index contributed by atoms with van der Waals surface area (Å²) < 4.78 is 49.6. The summed E-state index contributed by atoms with van der Waals surface area (Å²) in [5.41, 5.74) is -0.157. The number of hydrogen-bond donors (Lipinski definition) is 1. The Kier molecular flexibility index (Phi) is 6.36. The van der Waals surface area contributed by atoms with Crippen molar-refractivity contribution in [2.45, 2.75) is 15.5 Å². The molecule has 0 aliphatic rings. The van der Waals surface area contributed by atoms with Gasteiger partial charge in [0.25, 0.3) is 0 Å². The summed E-state index contributed by atoms with van der Waals surface area (Å²) in [5.74, 6) is -4.04. The number of carbonyl (C=O) groups is 1. The number of amides is 1. The van der Waals surface area contributed by atoms with Crippen molar-refractivity contribution < 1.29 is 22.0 Å². The third kappa shape index (κ3) is 4.55. The van der Waals surface area contributed by atoms with Crippen LogP contribution in [-0.4, -0.2) is 25.8 Å². The first-order chi connectivity index (χ1) is 11.3. The van der Waals surface area contributed by atoms with Crippen molar-refractivity contribution >= 4 is 49.1 Å². The molecule has 0 bridgehead atoms. The molecule has 0 saturated heterocycles. The van der Waals surface area contributed by atoms with E-state index in [1.54, 1.807) is 0 Å². The van der Waals surface area contributed by atoms with Gasteiger partial charge < -0.3 is 5.32 Å². The van der Waals surface area contributed by atoms with E-state index in [0.717, 1.165) is 15.4 Å². The first-order valence-corrected chi connectivity index (χ1v) is 9.93. The van der Waals surface area contributed by atoms with Gasteiger partial charge in [-0.05, 0) is 40.2 Å². The molecule has 0 unspecified atom stereocenters. The molecule has 0 saturated carbocycles. The number of rotatable bonds is 6. The van der Waals surface area contributed by atoms with Gasteiger partial charge in [0.05, 0.1) is 16.3 Å². The molecule has 0 atom stereocenters. The maximum atomic E-state index is 12.7. The van der Waals surface area contributed by atoms with Crippen LogP contribution in [0, 0.1) is 0 Å². The zero-order valence-corrected chi connectivity index (χ0v) is 15.3. The van der Waals surface area contributed by atoms with E-state index in [9.17, 15) is 22.0 Å². The van der Waals surface area contributed by atoms with E-state index in [2.05, 4.69) is 21.2 Å². The van der Waals surface area contributed by atoms with Crippen molar-refractivity contribution in [2.75, 3.05) is 11.1 Å². The molecule has 4 nitrogen and oxygen atoms in total. The smallest absolute Gasteiger partial charge is 0.324 e. The van der Waals surface area contributed by atoms with E-state index in [1.807, 2.05) is 24.3 Å². The van der Waals surface area contributed by atoms with E-state index in [1.165, 1.54) is 30.0 Å². The van der Waals surface area contributed by atoms with Crippen molar-refractivity contribution in [3.05, 3.63) is 53.0 Å². The highest BCUT2D eigenvalue weighted by Gasteiger charge is 2.29. The van der Waals surface area contributed by atoms with Gasteiger partial charge in [0.2, 0.25) is 15.7 Å². The second-order valence-electron chi connectivity index (χ2n) is 4.57. The monoisotopic (exact) mass is 435 g/mol. The molecule has 0 spiro atoms. The number of benzene rings is 2. The molecule has 0 fully saturated rings. The molecule has 24 heavy (non-hydrogen) atoms. The summed E-state index contributed by atoms with van der Waals surface area (Å²) in [4.78, 5) is 12.3. The van der Waals surface area contributed by atoms with Crippen molar-refractivity contribution in [3.63, 3.8) is 0 Å². The number of thioether (sulfide) groups is 1. The molecule has 0 aliphatic heterocycles. The molecule has 2 aromatic rings. The minimum Gasteiger partial charge on any atom is -0.324 e. The standard InChI is InChI=1S/C15H12BrF2NO3S2/c16-10-5-1-3-7-12(10)23-9-14(20)19-11-6-2-4-8-13(11)24(21,22)15(17)18/h1-8,15H,9H2,(H,19,20). The Morgan fingerprint density at radius 3 is 2.42 bits per heavy atom. The highest BCUT2D eigenvalue weighted by molar-refractivity contribution is 9.10. The van der Waals surface area contributed by atoms with Gasteiger partial charge in [-0.15, -0.1) is 11.8 Å². The maximum absolute atomic E-state index is 12.7. The van der Waals surface area contributed by atoms with Crippen LogP contribution in [0.3, 0.4) is 0 Å². The lowest BCUT2D eigenvalue weighted by Gasteiger charge is -2.11. The molecule has 128 valence electrons. The first kappa shape index (κ1) is 18.9. The lowest BCUT2D eigenvalue weighted by Crippen LogP contribution is -2.19. The predicted molar refractivity (Wildman–Crippen MR) is 93.1 cm³/mol. The molecule has 9 heteroatoms. The minimum absolute atomic E-state index is 0.00563. The Hall–Kier alpha value is -1.45. The molecule has 2 rings (SSSR count). The third-order valence-corrected chi connectivity index (χ3v) is 6.36. The number of alkyl halides is 2. The summed E-state index contributed by atoms with van der Waals surface area (Å²) in [6.45, 7) is 0. The highest BCUT2D eigenvalue weighted by Crippen LogP contribution is 2.28. The van der Waals surface area contributed by atoms with Crippen LogP contribution in [0.4, 0.5) is 14.5 Å². The van der Waals surface area contributed by atoms with Gasteiger partial charge in [0, 0.05) is 9.37 Å². The zero-order chi connectivity index (χ0) is 17.7. The topological polar surface area (TPSA) is 63.2 Å². The average Bonchev–Trinajstić information content (AvgIpc) is 2.54. The molecular weight excluding hydrogens is 424 g/mol. The molecule has 0 aliphatic carbocycles. The zero-order valence-electron chi connectivity index (χ0n) is 12.1. The van der Waals surface area contributed by atoms with Gasteiger partial charge in [-0.3, -0.25) is 4.79 Å². The van der Waals surface area contributed by atoms with Crippen LogP contribution in [0.25, 0.3) is 0 Å². The first-order valence-electron chi connectivity index (χ1n) is 6.60. The Balaban J connectivity index is 2.12. The summed E-state index contributed by atoms with van der Waals surface area (Å²) in [6.07, 6.45) is 0. The van der Waals surface area contributed by atoms with Gasteiger partial charge in [-0.25, -0.2) is 8.42 Å². The van der Waals surface area contributed by atoms with Crippen LogP contribution in [-0.2, 0) is 14.6 Å². The van der Waals surface area contributed by atoms with E-state index in [4.69, 9.17) is 0 Å². The lowest BCUT2D eigenvalue weighted by atomic mass is 10.3. The fourth-order valence-electron chi connectivity index (χ4n) is 1.81. The average molecular weight is 436 g/mol. The summed E-state index contributed by atoms with van der Waals surface area (Å²) in [5, 5.41) is 2.37. The molecule has 2 aromatic carbocycles. The van der Waals surface area contributed by atoms with Crippen LogP contribution in [0.2, 0.25) is 0 Å². The van der Waals surface area contributed by atoms with Crippen LogP contribution in [0.1, 0.15) is 0 Å². The highest BCUT2D eigenvalue weighted by atomic mass is 79.9. The number of sulfone groups is 1. The van der Waals surface area contributed by atoms with Crippen LogP contribution >= 0.6 is 27.7 Å². The number of halogens is 3. The minimum atomic E-state index is -4.79. The molecule has 0 heterocycles. The van der Waals surface area contributed by atoms with Gasteiger partial charge in [-0.2, -0.15) is 8.78 Å². The number of anilines is 1. The maximum Gasteiger partial charge on any atom is 0.341 e. The van der Waals surface area contributed by atoms with Gasteiger partial charge in [0.1, 0.15) is 0 Å². The Labute approximate surface area is 150 Å². The van der Waals surface area contributed by atoms with Gasteiger partial charge in [0.15, 0.2) is 0 Å². The Bertz CT molecular complexity index is 844. The number of nitrogens with one attached hydrogen (secondary N) is 1. The molecule has 1 amide bonds. The quantitative estimate of drug-likeness (QED) is 0.691. The van der Waals surface area contributed by atoms with Crippen LogP contribution in [0.5, 0.6) is 0 Å². The van der Waals surface area contributed by atoms with Crippen molar-refractivity contribution in [2.24, 2.45) is 0 Å². The molecule has 0 aromatic heterocycles. The Morgan fingerprint density at radius 1 is 1.12 bits per heavy atom. The van der Waals surface area contributed by atoms with E-state index >= 15 is 0 Å². The van der Waals surface area contributed by atoms with Crippen molar-refractivity contribution in [1.82, 2.24) is 0 Å². The van der Waals surface area contributed by atoms with E-state index in [0.29, 0.717) is 0 Å². The second kappa shape index (κ2) is 8.09. The Morgan fingerprint density at radius 2 is 1.75 bits per heavy atom. The SMILES string of the molecule is O=C(CSc1ccccc1Br)Nc1ccccc1S(=O)(=O)C(F)F. The summed E-state index contributed by atoms with van der Waals surface area (Å²) in [7, 11) is -4.79. The number of para-hydroxylation sites is 1. The van der Waals surface area contributed by atoms with Crippen molar-refractivity contribution in [1.29, 1.82) is 0 Å². The fourth-order valence-corrected chi connectivity index (χ4v) is 4.06. The molecule has 0 radical (unpaired) electrons.